The summed E-state index contributed by atoms with van der Waals surface area (Å²) >= 11 is 3.31. The number of hydrogen-bond acceptors (Lipinski definition) is 4. The second kappa shape index (κ2) is 5.21. The number of pyridine rings is 1. The molecule has 5 heteroatoms. The molecule has 1 heterocycles. The van der Waals surface area contributed by atoms with Crippen molar-refractivity contribution < 1.29 is 0 Å². The van der Waals surface area contributed by atoms with Crippen LogP contribution in [0.5, 0.6) is 0 Å². The molecule has 14 heavy (non-hydrogen) atoms. The monoisotopic (exact) mass is 250 g/mol. The molecule has 0 saturated carbocycles. The summed E-state index contributed by atoms with van der Waals surface area (Å²) in [6.07, 6.45) is 3.26. The van der Waals surface area contributed by atoms with Gasteiger partial charge >= 0.3 is 0 Å². The van der Waals surface area contributed by atoms with Crippen LogP contribution in [-0.4, -0.2) is 18.1 Å². The Morgan fingerprint density at radius 2 is 2.00 bits per heavy atom. The van der Waals surface area contributed by atoms with Crippen molar-refractivity contribution in [2.45, 2.75) is 0 Å². The number of aromatic nitrogens is 1. The second-order valence-corrected chi connectivity index (χ2v) is 3.35. The van der Waals surface area contributed by atoms with Crippen LogP contribution in [0.25, 0.3) is 0 Å². The predicted octanol–water partition coefficient (Wildman–Crippen LogP) is 1.70. The first kappa shape index (κ1) is 10.5. The SMILES string of the molecule is N#CCN(CC#N)c1ccncc1Br. The Morgan fingerprint density at radius 1 is 1.36 bits per heavy atom. The van der Waals surface area contributed by atoms with Gasteiger partial charge in [0, 0.05) is 12.4 Å². The number of halogens is 1. The Balaban J connectivity index is 2.95. The van der Waals surface area contributed by atoms with Gasteiger partial charge in [-0.2, -0.15) is 10.5 Å². The maximum atomic E-state index is 8.58. The maximum absolute atomic E-state index is 8.58. The minimum atomic E-state index is 0.191. The summed E-state index contributed by atoms with van der Waals surface area (Å²) < 4.78 is 0.783. The number of rotatable bonds is 3. The van der Waals surface area contributed by atoms with Gasteiger partial charge in [-0.1, -0.05) is 0 Å². The summed E-state index contributed by atoms with van der Waals surface area (Å²) in [5.41, 5.74) is 0.808. The number of nitriles is 2. The highest BCUT2D eigenvalue weighted by Gasteiger charge is 2.08. The van der Waals surface area contributed by atoms with Gasteiger partial charge in [-0.15, -0.1) is 0 Å². The molecule has 0 N–H and O–H groups in total. The van der Waals surface area contributed by atoms with Crippen molar-refractivity contribution in [3.8, 4) is 12.1 Å². The van der Waals surface area contributed by atoms with E-state index in [0.29, 0.717) is 0 Å². The zero-order valence-corrected chi connectivity index (χ0v) is 8.90. The van der Waals surface area contributed by atoms with E-state index < -0.39 is 0 Å². The van der Waals surface area contributed by atoms with Gasteiger partial charge in [0.25, 0.3) is 0 Å². The van der Waals surface area contributed by atoms with Crippen LogP contribution in [0.1, 0.15) is 0 Å². The van der Waals surface area contributed by atoms with Crippen LogP contribution in [-0.2, 0) is 0 Å². The van der Waals surface area contributed by atoms with E-state index in [1.165, 1.54) is 0 Å². The van der Waals surface area contributed by atoms with Crippen LogP contribution in [0.2, 0.25) is 0 Å². The van der Waals surface area contributed by atoms with Crippen molar-refractivity contribution in [3.05, 3.63) is 22.9 Å². The van der Waals surface area contributed by atoms with E-state index in [1.54, 1.807) is 23.4 Å². The summed E-state index contributed by atoms with van der Waals surface area (Å²) in [7, 11) is 0. The van der Waals surface area contributed by atoms with E-state index in [-0.39, 0.29) is 13.1 Å². The third-order valence-corrected chi connectivity index (χ3v) is 2.23. The Morgan fingerprint density at radius 3 is 2.50 bits per heavy atom. The first-order valence-corrected chi connectivity index (χ1v) is 4.67. The summed E-state index contributed by atoms with van der Waals surface area (Å²) in [5, 5.41) is 17.2. The molecule has 0 radical (unpaired) electrons. The largest absolute Gasteiger partial charge is 0.344 e. The molecule has 0 aliphatic carbocycles. The standard InChI is InChI=1S/C9H7BrN4/c10-8-7-13-4-1-9(8)14(5-2-11)6-3-12/h1,4,7H,5-6H2. The Hall–Kier alpha value is -1.59. The van der Waals surface area contributed by atoms with E-state index >= 15 is 0 Å². The normalized spacial score (nSPS) is 8.79. The molecule has 1 aromatic heterocycles. The highest BCUT2D eigenvalue weighted by atomic mass is 79.9. The quantitative estimate of drug-likeness (QED) is 0.767. The first-order valence-electron chi connectivity index (χ1n) is 3.88. The highest BCUT2D eigenvalue weighted by Crippen LogP contribution is 2.23. The third kappa shape index (κ3) is 2.45. The fraction of sp³-hybridized carbons (Fsp3) is 0.222. The lowest BCUT2D eigenvalue weighted by molar-refractivity contribution is 0.959. The van der Waals surface area contributed by atoms with Gasteiger partial charge in [-0.25, -0.2) is 0 Å². The Kier molecular flexibility index (Phi) is 3.90. The molecule has 0 atom stereocenters. The molecule has 1 rings (SSSR count). The van der Waals surface area contributed by atoms with E-state index in [1.807, 2.05) is 12.1 Å². The van der Waals surface area contributed by atoms with Gasteiger partial charge in [0.2, 0.25) is 0 Å². The van der Waals surface area contributed by atoms with Crippen LogP contribution >= 0.6 is 15.9 Å². The number of anilines is 1. The van der Waals surface area contributed by atoms with Gasteiger partial charge in [-0.05, 0) is 22.0 Å². The average Bonchev–Trinajstić information content (AvgIpc) is 2.18. The van der Waals surface area contributed by atoms with Crippen molar-refractivity contribution >= 4 is 21.6 Å². The molecule has 0 amide bonds. The second-order valence-electron chi connectivity index (χ2n) is 2.50. The van der Waals surface area contributed by atoms with E-state index in [4.69, 9.17) is 10.5 Å². The molecular weight excluding hydrogens is 244 g/mol. The van der Waals surface area contributed by atoms with Crippen LogP contribution in [0.15, 0.2) is 22.9 Å². The van der Waals surface area contributed by atoms with Crippen molar-refractivity contribution in [2.75, 3.05) is 18.0 Å². The summed E-state index contributed by atoms with van der Waals surface area (Å²) in [6.45, 7) is 0.381. The molecule has 0 unspecified atom stereocenters. The van der Waals surface area contributed by atoms with Gasteiger partial charge < -0.3 is 4.90 Å². The lowest BCUT2D eigenvalue weighted by Crippen LogP contribution is -2.24. The topological polar surface area (TPSA) is 63.7 Å². The Bertz CT molecular complexity index is 375. The van der Waals surface area contributed by atoms with Crippen LogP contribution < -0.4 is 4.90 Å². The zero-order chi connectivity index (χ0) is 10.4. The molecule has 4 nitrogen and oxygen atoms in total. The summed E-state index contributed by atoms with van der Waals surface area (Å²) in [4.78, 5) is 5.58. The molecule has 70 valence electrons. The minimum absolute atomic E-state index is 0.191. The average molecular weight is 251 g/mol. The minimum Gasteiger partial charge on any atom is -0.344 e. The lowest BCUT2D eigenvalue weighted by atomic mass is 10.3. The molecule has 0 spiro atoms. The predicted molar refractivity (Wildman–Crippen MR) is 55.4 cm³/mol. The maximum Gasteiger partial charge on any atom is 0.107 e. The van der Waals surface area contributed by atoms with Gasteiger partial charge in [0.1, 0.15) is 13.1 Å². The molecule has 1 aromatic rings. The van der Waals surface area contributed by atoms with Crippen molar-refractivity contribution in [2.24, 2.45) is 0 Å². The summed E-state index contributed by atoms with van der Waals surface area (Å²) in [6, 6.07) is 5.79. The van der Waals surface area contributed by atoms with Crippen molar-refractivity contribution in [1.82, 2.24) is 4.98 Å². The van der Waals surface area contributed by atoms with Crippen LogP contribution in [0.3, 0.4) is 0 Å². The van der Waals surface area contributed by atoms with E-state index in [9.17, 15) is 0 Å². The van der Waals surface area contributed by atoms with Crippen molar-refractivity contribution in [1.29, 1.82) is 10.5 Å². The third-order valence-electron chi connectivity index (χ3n) is 1.61. The van der Waals surface area contributed by atoms with Gasteiger partial charge in [0.15, 0.2) is 0 Å². The van der Waals surface area contributed by atoms with Crippen LogP contribution in [0, 0.1) is 22.7 Å². The van der Waals surface area contributed by atoms with Crippen molar-refractivity contribution in [3.63, 3.8) is 0 Å². The zero-order valence-electron chi connectivity index (χ0n) is 7.31. The molecule has 0 aliphatic rings. The molecule has 0 aromatic carbocycles. The fourth-order valence-corrected chi connectivity index (χ4v) is 1.52. The highest BCUT2D eigenvalue weighted by molar-refractivity contribution is 9.10. The molecule has 0 bridgehead atoms. The molecule has 0 aliphatic heterocycles. The van der Waals surface area contributed by atoms with Gasteiger partial charge in [0.05, 0.1) is 22.3 Å². The van der Waals surface area contributed by atoms with Crippen LogP contribution in [0.4, 0.5) is 5.69 Å². The number of nitrogens with zero attached hydrogens (tertiary/aromatic N) is 4. The number of hydrogen-bond donors (Lipinski definition) is 0. The lowest BCUT2D eigenvalue weighted by Gasteiger charge is -2.18. The Labute approximate surface area is 90.5 Å². The van der Waals surface area contributed by atoms with E-state index in [2.05, 4.69) is 20.9 Å². The first-order chi connectivity index (χ1) is 6.79. The smallest absolute Gasteiger partial charge is 0.107 e. The van der Waals surface area contributed by atoms with E-state index in [0.717, 1.165) is 10.2 Å². The summed E-state index contributed by atoms with van der Waals surface area (Å²) in [5.74, 6) is 0. The molecular formula is C9H7BrN4. The van der Waals surface area contributed by atoms with Gasteiger partial charge in [-0.3, -0.25) is 4.98 Å². The molecule has 0 saturated heterocycles. The molecule has 0 fully saturated rings. The fourth-order valence-electron chi connectivity index (χ4n) is 1.02.